The van der Waals surface area contributed by atoms with Gasteiger partial charge in [-0.15, -0.1) is 0 Å². The summed E-state index contributed by atoms with van der Waals surface area (Å²) in [6, 6.07) is 7.49. The van der Waals surface area contributed by atoms with E-state index in [4.69, 9.17) is 26.5 Å². The molecule has 18 heavy (non-hydrogen) atoms. The van der Waals surface area contributed by atoms with Crippen LogP contribution in [0.2, 0.25) is 5.35 Å². The van der Waals surface area contributed by atoms with Crippen molar-refractivity contribution in [2.45, 2.75) is 19.4 Å². The minimum atomic E-state index is -0.350. The second-order valence-corrected chi connectivity index (χ2v) is 5.10. The van der Waals surface area contributed by atoms with Crippen molar-refractivity contribution in [3.05, 3.63) is 35.8 Å². The van der Waals surface area contributed by atoms with E-state index in [0.29, 0.717) is 12.4 Å². The van der Waals surface area contributed by atoms with E-state index in [0.717, 1.165) is 11.3 Å². The van der Waals surface area contributed by atoms with E-state index in [1.165, 1.54) is 0 Å². The van der Waals surface area contributed by atoms with Crippen molar-refractivity contribution in [3.63, 3.8) is 0 Å². The smallest absolute Gasteiger partial charge is 0.292 e. The summed E-state index contributed by atoms with van der Waals surface area (Å²) in [4.78, 5) is 3.84. The highest BCUT2D eigenvalue weighted by atomic mass is 35.5. The first-order valence-electron chi connectivity index (χ1n) is 5.57. The molecule has 2 aromatic rings. The molecule has 0 fully saturated rings. The van der Waals surface area contributed by atoms with E-state index < -0.39 is 0 Å². The molecule has 1 heterocycles. The molecule has 2 rings (SSSR count). The fourth-order valence-corrected chi connectivity index (χ4v) is 1.50. The SMILES string of the molecule is CC(C)(N)COc1ccc(-c2cnc(Cl)o2)cc1. The number of halogens is 1. The lowest BCUT2D eigenvalue weighted by atomic mass is 10.1. The van der Waals surface area contributed by atoms with Gasteiger partial charge in [-0.05, 0) is 49.7 Å². The second-order valence-electron chi connectivity index (χ2n) is 4.78. The molecule has 4 nitrogen and oxygen atoms in total. The van der Waals surface area contributed by atoms with Crippen molar-refractivity contribution in [2.24, 2.45) is 5.73 Å². The topological polar surface area (TPSA) is 61.3 Å². The molecule has 1 aromatic heterocycles. The molecule has 96 valence electrons. The molecular weight excluding hydrogens is 252 g/mol. The first kappa shape index (κ1) is 12.9. The first-order valence-corrected chi connectivity index (χ1v) is 5.95. The third kappa shape index (κ3) is 3.48. The summed E-state index contributed by atoms with van der Waals surface area (Å²) in [5, 5.41) is 0.134. The largest absolute Gasteiger partial charge is 0.492 e. The molecule has 5 heteroatoms. The number of nitrogens with zero attached hydrogens (tertiary/aromatic N) is 1. The average Bonchev–Trinajstić information content (AvgIpc) is 2.73. The van der Waals surface area contributed by atoms with E-state index >= 15 is 0 Å². The zero-order chi connectivity index (χ0) is 13.2. The molecule has 2 N–H and O–H groups in total. The Kier molecular flexibility index (Phi) is 3.59. The van der Waals surface area contributed by atoms with Crippen LogP contribution < -0.4 is 10.5 Å². The zero-order valence-corrected chi connectivity index (χ0v) is 11.1. The summed E-state index contributed by atoms with van der Waals surface area (Å²) >= 11 is 5.63. The lowest BCUT2D eigenvalue weighted by Gasteiger charge is -2.18. The molecule has 0 bridgehead atoms. The van der Waals surface area contributed by atoms with Crippen molar-refractivity contribution in [1.29, 1.82) is 0 Å². The fourth-order valence-electron chi connectivity index (χ4n) is 1.37. The Bertz CT molecular complexity index is 515. The van der Waals surface area contributed by atoms with E-state index in [9.17, 15) is 0 Å². The first-order chi connectivity index (χ1) is 8.44. The Morgan fingerprint density at radius 3 is 2.50 bits per heavy atom. The molecule has 0 saturated carbocycles. The molecule has 0 radical (unpaired) electrons. The number of hydrogen-bond donors (Lipinski definition) is 1. The van der Waals surface area contributed by atoms with Gasteiger partial charge in [0, 0.05) is 11.1 Å². The van der Waals surface area contributed by atoms with Gasteiger partial charge in [-0.3, -0.25) is 0 Å². The van der Waals surface area contributed by atoms with Crippen LogP contribution in [0.15, 0.2) is 34.9 Å². The molecule has 0 aliphatic rings. The summed E-state index contributed by atoms with van der Waals surface area (Å²) in [5.41, 5.74) is 6.39. The Morgan fingerprint density at radius 1 is 1.33 bits per heavy atom. The van der Waals surface area contributed by atoms with Gasteiger partial charge in [0.15, 0.2) is 5.76 Å². The lowest BCUT2D eigenvalue weighted by molar-refractivity contribution is 0.243. The maximum atomic E-state index is 5.84. The van der Waals surface area contributed by atoms with Crippen LogP contribution in [0, 0.1) is 0 Å². The summed E-state index contributed by atoms with van der Waals surface area (Å²) < 4.78 is 10.8. The van der Waals surface area contributed by atoms with E-state index in [1.807, 2.05) is 38.1 Å². The van der Waals surface area contributed by atoms with Gasteiger partial charge in [-0.1, -0.05) is 0 Å². The Hall–Kier alpha value is -1.52. The number of hydrogen-bond acceptors (Lipinski definition) is 4. The number of ether oxygens (including phenoxy) is 1. The zero-order valence-electron chi connectivity index (χ0n) is 10.3. The van der Waals surface area contributed by atoms with Crippen LogP contribution in [0.4, 0.5) is 0 Å². The standard InChI is InChI=1S/C13H15ClN2O2/c1-13(2,15)8-17-10-5-3-9(4-6-10)11-7-16-12(14)18-11/h3-7H,8,15H2,1-2H3. The van der Waals surface area contributed by atoms with Crippen LogP contribution in [0.3, 0.4) is 0 Å². The van der Waals surface area contributed by atoms with Crippen LogP contribution in [0.25, 0.3) is 11.3 Å². The van der Waals surface area contributed by atoms with Gasteiger partial charge in [-0.25, -0.2) is 4.98 Å². The van der Waals surface area contributed by atoms with Crippen molar-refractivity contribution in [2.75, 3.05) is 6.61 Å². The van der Waals surface area contributed by atoms with Crippen molar-refractivity contribution >= 4 is 11.6 Å². The molecule has 0 aliphatic carbocycles. The number of oxazole rings is 1. The highest BCUT2D eigenvalue weighted by Crippen LogP contribution is 2.24. The van der Waals surface area contributed by atoms with Crippen LogP contribution >= 0.6 is 11.6 Å². The highest BCUT2D eigenvalue weighted by molar-refractivity contribution is 6.27. The number of aromatic nitrogens is 1. The normalized spacial score (nSPS) is 11.6. The Labute approximate surface area is 111 Å². The molecule has 0 unspecified atom stereocenters. The van der Waals surface area contributed by atoms with Crippen LogP contribution in [-0.4, -0.2) is 17.1 Å². The molecule has 0 atom stereocenters. The minimum absolute atomic E-state index is 0.134. The molecule has 0 saturated heterocycles. The van der Waals surface area contributed by atoms with Crippen LogP contribution in [0.5, 0.6) is 5.75 Å². The maximum Gasteiger partial charge on any atom is 0.292 e. The van der Waals surface area contributed by atoms with Gasteiger partial charge < -0.3 is 14.9 Å². The van der Waals surface area contributed by atoms with Crippen molar-refractivity contribution in [3.8, 4) is 17.1 Å². The van der Waals surface area contributed by atoms with Gasteiger partial charge in [0.25, 0.3) is 5.35 Å². The average molecular weight is 267 g/mol. The Morgan fingerprint density at radius 2 is 2.00 bits per heavy atom. The molecule has 1 aromatic carbocycles. The number of rotatable bonds is 4. The fraction of sp³-hybridized carbons (Fsp3) is 0.308. The third-order valence-corrected chi connectivity index (χ3v) is 2.40. The molecular formula is C13H15ClN2O2. The quantitative estimate of drug-likeness (QED) is 0.924. The summed E-state index contributed by atoms with van der Waals surface area (Å²) in [7, 11) is 0. The van der Waals surface area contributed by atoms with E-state index in [-0.39, 0.29) is 10.9 Å². The van der Waals surface area contributed by atoms with Crippen molar-refractivity contribution < 1.29 is 9.15 Å². The number of nitrogens with two attached hydrogens (primary N) is 1. The van der Waals surface area contributed by atoms with Gasteiger partial charge >= 0.3 is 0 Å². The molecule has 0 spiro atoms. The van der Waals surface area contributed by atoms with Gasteiger partial charge in [0.05, 0.1) is 6.20 Å². The summed E-state index contributed by atoms with van der Waals surface area (Å²) in [6.45, 7) is 4.29. The van der Waals surface area contributed by atoms with Gasteiger partial charge in [0.1, 0.15) is 12.4 Å². The number of benzene rings is 1. The predicted octanol–water partition coefficient (Wildman–Crippen LogP) is 3.11. The highest BCUT2D eigenvalue weighted by Gasteiger charge is 2.11. The summed E-state index contributed by atoms with van der Waals surface area (Å²) in [6.07, 6.45) is 1.58. The third-order valence-electron chi connectivity index (χ3n) is 2.23. The van der Waals surface area contributed by atoms with E-state index in [1.54, 1.807) is 6.20 Å². The molecule has 0 aliphatic heterocycles. The van der Waals surface area contributed by atoms with Crippen LogP contribution in [-0.2, 0) is 0 Å². The van der Waals surface area contributed by atoms with Gasteiger partial charge in [0.2, 0.25) is 0 Å². The minimum Gasteiger partial charge on any atom is -0.492 e. The van der Waals surface area contributed by atoms with Gasteiger partial charge in [-0.2, -0.15) is 0 Å². The monoisotopic (exact) mass is 266 g/mol. The van der Waals surface area contributed by atoms with E-state index in [2.05, 4.69) is 4.98 Å². The van der Waals surface area contributed by atoms with Crippen LogP contribution in [0.1, 0.15) is 13.8 Å². The maximum absolute atomic E-state index is 5.84. The lowest BCUT2D eigenvalue weighted by Crippen LogP contribution is -2.38. The molecule has 0 amide bonds. The van der Waals surface area contributed by atoms with Crippen molar-refractivity contribution in [1.82, 2.24) is 4.98 Å². The predicted molar refractivity (Wildman–Crippen MR) is 70.7 cm³/mol. The second kappa shape index (κ2) is 5.00. The summed E-state index contributed by atoms with van der Waals surface area (Å²) in [5.74, 6) is 1.40. The Balaban J connectivity index is 2.06.